The van der Waals surface area contributed by atoms with Gasteiger partial charge < -0.3 is 0 Å². The second-order valence-electron chi connectivity index (χ2n) is 5.54. The normalized spacial score (nSPS) is 10.8. The van der Waals surface area contributed by atoms with Gasteiger partial charge in [0.05, 0.1) is 11.5 Å². The van der Waals surface area contributed by atoms with Crippen molar-refractivity contribution in [1.82, 2.24) is 24.5 Å². The summed E-state index contributed by atoms with van der Waals surface area (Å²) in [7, 11) is 0. The van der Waals surface area contributed by atoms with Crippen molar-refractivity contribution in [2.45, 2.75) is 20.0 Å². The number of nitrogens with one attached hydrogen (secondary N) is 1. The highest BCUT2D eigenvalue weighted by Gasteiger charge is 2.18. The molecule has 0 radical (unpaired) electrons. The van der Waals surface area contributed by atoms with E-state index < -0.39 is 10.8 Å². The molecule has 0 spiro atoms. The van der Waals surface area contributed by atoms with Crippen LogP contribution in [0.4, 0.5) is 11.6 Å². The Morgan fingerprint density at radius 1 is 1.33 bits per heavy atom. The lowest BCUT2D eigenvalue weighted by Crippen LogP contribution is -2.21. The summed E-state index contributed by atoms with van der Waals surface area (Å²) < 4.78 is 2.71. The second-order valence-corrected chi connectivity index (χ2v) is 6.36. The van der Waals surface area contributed by atoms with Crippen molar-refractivity contribution in [3.63, 3.8) is 0 Å². The van der Waals surface area contributed by atoms with Gasteiger partial charge in [0.25, 0.3) is 0 Å². The first-order valence-electron chi connectivity index (χ1n) is 7.64. The van der Waals surface area contributed by atoms with E-state index in [1.54, 1.807) is 18.2 Å². The van der Waals surface area contributed by atoms with Gasteiger partial charge in [-0.3, -0.25) is 24.9 Å². The van der Waals surface area contributed by atoms with Gasteiger partial charge in [0, 0.05) is 15.6 Å². The number of nitrogens with zero attached hydrogens (tertiary/aromatic N) is 6. The molecule has 3 rings (SSSR count). The molecule has 1 amide bonds. The molecule has 140 valence electrons. The number of aromatic nitrogens is 5. The van der Waals surface area contributed by atoms with Crippen LogP contribution in [-0.2, 0) is 17.9 Å². The van der Waals surface area contributed by atoms with E-state index in [-0.39, 0.29) is 30.4 Å². The summed E-state index contributed by atoms with van der Waals surface area (Å²) in [6.45, 7) is 1.59. The average molecular weight is 410 g/mol. The molecule has 0 fully saturated rings. The Morgan fingerprint density at radius 3 is 2.67 bits per heavy atom. The molecular weight excluding hydrogens is 397 g/mol. The molecule has 12 heteroatoms. The highest BCUT2D eigenvalue weighted by atomic mass is 35.5. The van der Waals surface area contributed by atoms with Gasteiger partial charge in [-0.25, -0.2) is 9.67 Å². The summed E-state index contributed by atoms with van der Waals surface area (Å²) in [5.74, 6) is -0.382. The number of benzene rings is 1. The maximum atomic E-state index is 12.1. The van der Waals surface area contributed by atoms with Crippen LogP contribution in [0, 0.1) is 17.0 Å². The number of halogens is 2. The molecule has 1 aromatic carbocycles. The Morgan fingerprint density at radius 2 is 2.04 bits per heavy atom. The Bertz CT molecular complexity index is 995. The van der Waals surface area contributed by atoms with Crippen LogP contribution in [0.2, 0.25) is 10.0 Å². The van der Waals surface area contributed by atoms with Crippen molar-refractivity contribution in [2.75, 3.05) is 5.32 Å². The van der Waals surface area contributed by atoms with Crippen LogP contribution in [0.3, 0.4) is 0 Å². The van der Waals surface area contributed by atoms with Crippen LogP contribution in [-0.4, -0.2) is 35.4 Å². The molecule has 3 aromatic rings. The van der Waals surface area contributed by atoms with Crippen LogP contribution in [0.15, 0.2) is 30.7 Å². The molecule has 2 heterocycles. The predicted octanol–water partition coefficient (Wildman–Crippen LogP) is 2.69. The number of carbonyl (C=O) groups is 1. The lowest BCUT2D eigenvalue weighted by Gasteiger charge is -2.06. The molecule has 0 unspecified atom stereocenters. The monoisotopic (exact) mass is 409 g/mol. The van der Waals surface area contributed by atoms with Gasteiger partial charge in [-0.1, -0.05) is 29.3 Å². The van der Waals surface area contributed by atoms with Crippen molar-refractivity contribution in [3.8, 4) is 0 Å². The molecule has 0 aliphatic carbocycles. The maximum Gasteiger partial charge on any atom is 0.309 e. The van der Waals surface area contributed by atoms with E-state index in [2.05, 4.69) is 20.5 Å². The number of nitro groups is 1. The molecular formula is C15H13Cl2N7O3. The van der Waals surface area contributed by atoms with Gasteiger partial charge in [-0.2, -0.15) is 5.10 Å². The molecule has 0 saturated heterocycles. The quantitative estimate of drug-likeness (QED) is 0.493. The van der Waals surface area contributed by atoms with Gasteiger partial charge in [0.1, 0.15) is 24.8 Å². The summed E-state index contributed by atoms with van der Waals surface area (Å²) in [6.07, 6.45) is 2.53. The molecule has 27 heavy (non-hydrogen) atoms. The predicted molar refractivity (Wildman–Crippen MR) is 97.8 cm³/mol. The third-order valence-electron chi connectivity index (χ3n) is 3.74. The van der Waals surface area contributed by atoms with E-state index in [1.165, 1.54) is 22.6 Å². The van der Waals surface area contributed by atoms with Gasteiger partial charge >= 0.3 is 5.69 Å². The Kier molecular flexibility index (Phi) is 5.38. The fraction of sp³-hybridized carbons (Fsp3) is 0.200. The minimum Gasteiger partial charge on any atom is -0.292 e. The van der Waals surface area contributed by atoms with Crippen molar-refractivity contribution in [3.05, 3.63) is 62.1 Å². The Labute approximate surface area is 162 Å². The largest absolute Gasteiger partial charge is 0.309 e. The van der Waals surface area contributed by atoms with E-state index in [0.29, 0.717) is 15.6 Å². The first-order chi connectivity index (χ1) is 12.8. The molecule has 0 bridgehead atoms. The highest BCUT2D eigenvalue weighted by molar-refractivity contribution is 6.35. The smallest absolute Gasteiger partial charge is 0.292 e. The summed E-state index contributed by atoms with van der Waals surface area (Å²) in [5.41, 5.74) is 0.812. The third-order valence-corrected chi connectivity index (χ3v) is 4.45. The van der Waals surface area contributed by atoms with E-state index in [9.17, 15) is 14.9 Å². The molecule has 0 saturated carbocycles. The van der Waals surface area contributed by atoms with Crippen molar-refractivity contribution in [2.24, 2.45) is 0 Å². The molecule has 10 nitrogen and oxygen atoms in total. The number of carbonyl (C=O) groups excluding carboxylic acids is 1. The molecule has 1 N–H and O–H groups in total. The third kappa shape index (κ3) is 4.23. The molecule has 0 aliphatic rings. The highest BCUT2D eigenvalue weighted by Crippen LogP contribution is 2.25. The summed E-state index contributed by atoms with van der Waals surface area (Å²) in [4.78, 5) is 26.4. The fourth-order valence-corrected chi connectivity index (χ4v) is 2.87. The van der Waals surface area contributed by atoms with Gasteiger partial charge in [0.15, 0.2) is 0 Å². The van der Waals surface area contributed by atoms with Gasteiger partial charge in [0.2, 0.25) is 11.9 Å². The van der Waals surface area contributed by atoms with Crippen molar-refractivity contribution >= 4 is 40.7 Å². The first kappa shape index (κ1) is 18.8. The minimum atomic E-state index is -0.556. The number of hydrogen-bond donors (Lipinski definition) is 1. The zero-order chi connectivity index (χ0) is 19.6. The number of hydrogen-bond acceptors (Lipinski definition) is 6. The second kappa shape index (κ2) is 7.72. The number of amides is 1. The first-order valence-corrected chi connectivity index (χ1v) is 8.39. The summed E-state index contributed by atoms with van der Waals surface area (Å²) >= 11 is 12.3. The lowest BCUT2D eigenvalue weighted by atomic mass is 10.2. The van der Waals surface area contributed by atoms with E-state index in [0.717, 1.165) is 6.20 Å². The van der Waals surface area contributed by atoms with Crippen LogP contribution < -0.4 is 5.32 Å². The topological polar surface area (TPSA) is 121 Å². The minimum absolute atomic E-state index is 0.0856. The fourth-order valence-electron chi connectivity index (χ4n) is 2.35. The summed E-state index contributed by atoms with van der Waals surface area (Å²) in [6, 6.07) is 5.17. The summed E-state index contributed by atoms with van der Waals surface area (Å²) in [5, 5.41) is 22.3. The van der Waals surface area contributed by atoms with E-state index >= 15 is 0 Å². The SMILES string of the molecule is Cc1c([N+](=O)[O-])cnn1CC(=O)Nc1ncn(Cc2c(Cl)cccc2Cl)n1. The Balaban J connectivity index is 1.65. The van der Waals surface area contributed by atoms with Crippen LogP contribution in [0.1, 0.15) is 11.3 Å². The lowest BCUT2D eigenvalue weighted by molar-refractivity contribution is -0.385. The van der Waals surface area contributed by atoms with Crippen LogP contribution in [0.5, 0.6) is 0 Å². The zero-order valence-electron chi connectivity index (χ0n) is 14.0. The van der Waals surface area contributed by atoms with E-state index in [4.69, 9.17) is 23.2 Å². The molecule has 0 aliphatic heterocycles. The van der Waals surface area contributed by atoms with Crippen LogP contribution in [0.25, 0.3) is 0 Å². The zero-order valence-corrected chi connectivity index (χ0v) is 15.5. The maximum absolute atomic E-state index is 12.1. The standard InChI is InChI=1S/C15H13Cl2N7O3/c1-9-13(24(26)27)5-19-23(9)7-14(25)20-15-18-8-22(21-15)6-10-11(16)3-2-4-12(10)17/h2-5,8H,6-7H2,1H3,(H,20,21,25). The van der Waals surface area contributed by atoms with Crippen molar-refractivity contribution < 1.29 is 9.72 Å². The van der Waals surface area contributed by atoms with E-state index in [1.807, 2.05) is 0 Å². The number of rotatable bonds is 6. The van der Waals surface area contributed by atoms with Gasteiger partial charge in [-0.15, -0.1) is 5.10 Å². The number of anilines is 1. The molecule has 0 atom stereocenters. The average Bonchev–Trinajstić information content (AvgIpc) is 3.18. The Hall–Kier alpha value is -2.98. The van der Waals surface area contributed by atoms with Crippen molar-refractivity contribution in [1.29, 1.82) is 0 Å². The molecule has 2 aromatic heterocycles. The van der Waals surface area contributed by atoms with Crippen LogP contribution >= 0.6 is 23.2 Å². The van der Waals surface area contributed by atoms with Gasteiger partial charge in [-0.05, 0) is 19.1 Å².